The topological polar surface area (TPSA) is 39.9 Å². The molecule has 1 aromatic rings. The van der Waals surface area contributed by atoms with Gasteiger partial charge in [0.1, 0.15) is 16.8 Å². The summed E-state index contributed by atoms with van der Waals surface area (Å²) in [7, 11) is 3.73. The minimum atomic E-state index is 0.270. The number of pyridine rings is 1. The molecule has 13 heavy (non-hydrogen) atoms. The molecule has 0 aliphatic heterocycles. The molecule has 1 rings (SSSR count). The van der Waals surface area contributed by atoms with Crippen LogP contribution in [-0.4, -0.2) is 19.1 Å². The van der Waals surface area contributed by atoms with Crippen molar-refractivity contribution in [1.82, 2.24) is 4.98 Å². The number of nitrogens with zero attached hydrogens (tertiary/aromatic N) is 3. The van der Waals surface area contributed by atoms with Gasteiger partial charge in [0.15, 0.2) is 0 Å². The molecule has 3 nitrogen and oxygen atoms in total. The van der Waals surface area contributed by atoms with Crippen LogP contribution in [-0.2, 0) is 0 Å². The van der Waals surface area contributed by atoms with Crippen LogP contribution in [0.3, 0.4) is 0 Å². The molecule has 68 valence electrons. The van der Waals surface area contributed by atoms with Gasteiger partial charge in [-0.2, -0.15) is 5.26 Å². The second-order valence-electron chi connectivity index (χ2n) is 2.95. The predicted octanol–water partition coefficient (Wildman–Crippen LogP) is 1.98. The summed E-state index contributed by atoms with van der Waals surface area (Å²) in [5.74, 6) is 0. The van der Waals surface area contributed by atoms with Crippen LogP contribution in [0.2, 0.25) is 5.15 Å². The van der Waals surface area contributed by atoms with E-state index in [1.807, 2.05) is 38.1 Å². The van der Waals surface area contributed by atoms with Gasteiger partial charge in [-0.3, -0.25) is 0 Å². The van der Waals surface area contributed by atoms with E-state index in [1.54, 1.807) is 0 Å². The molecule has 0 atom stereocenters. The van der Waals surface area contributed by atoms with Crippen LogP contribution in [0.1, 0.15) is 11.3 Å². The van der Waals surface area contributed by atoms with E-state index in [4.69, 9.17) is 16.9 Å². The number of aryl methyl sites for hydroxylation is 1. The summed E-state index contributed by atoms with van der Waals surface area (Å²) in [5, 5.41) is 9.11. The van der Waals surface area contributed by atoms with Crippen LogP contribution in [0.15, 0.2) is 6.07 Å². The molecule has 0 spiro atoms. The number of hydrogen-bond donors (Lipinski definition) is 0. The standard InChI is InChI=1S/C9H10ClN3/c1-6-4-8(13(2)3)7(5-11)9(10)12-6/h4H,1-3H3. The third kappa shape index (κ3) is 1.90. The Balaban J connectivity index is 3.41. The number of rotatable bonds is 1. The molecule has 0 N–H and O–H groups in total. The summed E-state index contributed by atoms with van der Waals surface area (Å²) in [6.45, 7) is 1.85. The normalized spacial score (nSPS) is 9.46. The quantitative estimate of drug-likeness (QED) is 0.644. The zero-order chi connectivity index (χ0) is 10.0. The number of anilines is 1. The maximum absolute atomic E-state index is 8.84. The minimum absolute atomic E-state index is 0.270. The molecule has 0 fully saturated rings. The van der Waals surface area contributed by atoms with Gasteiger partial charge in [-0.15, -0.1) is 0 Å². The average Bonchev–Trinajstić information content (AvgIpc) is 2.02. The largest absolute Gasteiger partial charge is 0.376 e. The van der Waals surface area contributed by atoms with Crippen molar-refractivity contribution >= 4 is 17.3 Å². The SMILES string of the molecule is Cc1cc(N(C)C)c(C#N)c(Cl)n1. The van der Waals surface area contributed by atoms with Crippen LogP contribution in [0.4, 0.5) is 5.69 Å². The molecular weight excluding hydrogens is 186 g/mol. The van der Waals surface area contributed by atoms with Crippen molar-refractivity contribution in [2.45, 2.75) is 6.92 Å². The summed E-state index contributed by atoms with van der Waals surface area (Å²) < 4.78 is 0. The van der Waals surface area contributed by atoms with Crippen LogP contribution < -0.4 is 4.90 Å². The second-order valence-corrected chi connectivity index (χ2v) is 3.31. The molecule has 0 amide bonds. The Labute approximate surface area is 82.6 Å². The number of aromatic nitrogens is 1. The van der Waals surface area contributed by atoms with E-state index in [0.717, 1.165) is 11.4 Å². The highest BCUT2D eigenvalue weighted by molar-refractivity contribution is 6.31. The van der Waals surface area contributed by atoms with Gasteiger partial charge in [0, 0.05) is 19.8 Å². The maximum Gasteiger partial charge on any atom is 0.149 e. The summed E-state index contributed by atoms with van der Waals surface area (Å²) in [4.78, 5) is 5.85. The highest BCUT2D eigenvalue weighted by atomic mass is 35.5. The fourth-order valence-corrected chi connectivity index (χ4v) is 1.35. The molecule has 0 aromatic carbocycles. The Bertz CT molecular complexity index is 366. The number of hydrogen-bond acceptors (Lipinski definition) is 3. The van der Waals surface area contributed by atoms with Crippen molar-refractivity contribution in [2.24, 2.45) is 0 Å². The molecule has 1 heterocycles. The highest BCUT2D eigenvalue weighted by Crippen LogP contribution is 2.24. The van der Waals surface area contributed by atoms with E-state index < -0.39 is 0 Å². The monoisotopic (exact) mass is 195 g/mol. The molecule has 0 unspecified atom stereocenters. The molecule has 0 radical (unpaired) electrons. The fraction of sp³-hybridized carbons (Fsp3) is 0.333. The van der Waals surface area contributed by atoms with Crippen molar-refractivity contribution in [1.29, 1.82) is 5.26 Å². The van der Waals surface area contributed by atoms with Gasteiger partial charge in [-0.1, -0.05) is 11.6 Å². The van der Waals surface area contributed by atoms with Gasteiger partial charge in [-0.25, -0.2) is 4.98 Å². The Kier molecular flexibility index (Phi) is 2.74. The minimum Gasteiger partial charge on any atom is -0.376 e. The molecule has 0 saturated carbocycles. The zero-order valence-electron chi connectivity index (χ0n) is 7.80. The summed E-state index contributed by atoms with van der Waals surface area (Å²) in [5.41, 5.74) is 2.05. The van der Waals surface area contributed by atoms with Crippen LogP contribution in [0.5, 0.6) is 0 Å². The van der Waals surface area contributed by atoms with Gasteiger partial charge in [0.05, 0.1) is 5.69 Å². The van der Waals surface area contributed by atoms with Gasteiger partial charge in [0.2, 0.25) is 0 Å². The first kappa shape index (κ1) is 9.82. The smallest absolute Gasteiger partial charge is 0.149 e. The zero-order valence-corrected chi connectivity index (χ0v) is 8.55. The van der Waals surface area contributed by atoms with Gasteiger partial charge in [-0.05, 0) is 13.0 Å². The first-order valence-corrected chi connectivity index (χ1v) is 4.18. The Hall–Kier alpha value is -1.27. The number of nitriles is 1. The lowest BCUT2D eigenvalue weighted by Gasteiger charge is -2.15. The average molecular weight is 196 g/mol. The molecular formula is C9H10ClN3. The Morgan fingerprint density at radius 3 is 2.62 bits per heavy atom. The van der Waals surface area contributed by atoms with E-state index in [1.165, 1.54) is 0 Å². The van der Waals surface area contributed by atoms with Gasteiger partial charge in [0.25, 0.3) is 0 Å². The van der Waals surface area contributed by atoms with Crippen molar-refractivity contribution in [2.75, 3.05) is 19.0 Å². The Morgan fingerprint density at radius 1 is 1.54 bits per heavy atom. The number of halogens is 1. The lowest BCUT2D eigenvalue weighted by Crippen LogP contribution is -2.11. The van der Waals surface area contributed by atoms with Crippen molar-refractivity contribution in [3.8, 4) is 6.07 Å². The first-order chi connectivity index (χ1) is 6.06. The van der Waals surface area contributed by atoms with Crippen LogP contribution in [0, 0.1) is 18.3 Å². The molecule has 4 heteroatoms. The lowest BCUT2D eigenvalue weighted by atomic mass is 10.2. The first-order valence-electron chi connectivity index (χ1n) is 3.81. The summed E-state index contributed by atoms with van der Waals surface area (Å²) in [6, 6.07) is 3.87. The van der Waals surface area contributed by atoms with Crippen molar-refractivity contribution in [3.05, 3.63) is 22.5 Å². The van der Waals surface area contributed by atoms with E-state index in [9.17, 15) is 0 Å². The van der Waals surface area contributed by atoms with E-state index in [2.05, 4.69) is 4.98 Å². The fourth-order valence-electron chi connectivity index (χ4n) is 1.07. The van der Waals surface area contributed by atoms with E-state index >= 15 is 0 Å². The van der Waals surface area contributed by atoms with E-state index in [0.29, 0.717) is 5.56 Å². The summed E-state index contributed by atoms with van der Waals surface area (Å²) >= 11 is 5.82. The van der Waals surface area contributed by atoms with Crippen molar-refractivity contribution in [3.63, 3.8) is 0 Å². The third-order valence-corrected chi connectivity index (χ3v) is 1.95. The molecule has 0 bridgehead atoms. The van der Waals surface area contributed by atoms with Crippen LogP contribution in [0.25, 0.3) is 0 Å². The third-order valence-electron chi connectivity index (χ3n) is 1.68. The van der Waals surface area contributed by atoms with Gasteiger partial charge >= 0.3 is 0 Å². The Morgan fingerprint density at radius 2 is 2.15 bits per heavy atom. The highest BCUT2D eigenvalue weighted by Gasteiger charge is 2.10. The molecule has 0 aliphatic rings. The van der Waals surface area contributed by atoms with Crippen LogP contribution >= 0.6 is 11.6 Å². The van der Waals surface area contributed by atoms with Gasteiger partial charge < -0.3 is 4.90 Å². The lowest BCUT2D eigenvalue weighted by molar-refractivity contribution is 1.09. The van der Waals surface area contributed by atoms with Crippen molar-refractivity contribution < 1.29 is 0 Å². The second kappa shape index (κ2) is 3.63. The van der Waals surface area contributed by atoms with E-state index in [-0.39, 0.29) is 5.15 Å². The molecule has 0 aliphatic carbocycles. The molecule has 0 saturated heterocycles. The predicted molar refractivity (Wildman–Crippen MR) is 53.0 cm³/mol. The maximum atomic E-state index is 8.84. The summed E-state index contributed by atoms with van der Waals surface area (Å²) in [6.07, 6.45) is 0. The molecule has 1 aromatic heterocycles.